The number of carbonyl (C=O) groups is 2. The normalized spacial score (nSPS) is 28.3. The summed E-state index contributed by atoms with van der Waals surface area (Å²) < 4.78 is 0. The monoisotopic (exact) mass is 268 g/mol. The van der Waals surface area contributed by atoms with E-state index in [1.165, 1.54) is 0 Å². The van der Waals surface area contributed by atoms with Gasteiger partial charge in [-0.1, -0.05) is 13.8 Å². The lowest BCUT2D eigenvalue weighted by Crippen LogP contribution is -2.44. The number of carboxylic acids is 1. The van der Waals surface area contributed by atoms with Crippen molar-refractivity contribution in [1.29, 1.82) is 0 Å². The molecule has 2 aliphatic heterocycles. The number of rotatable bonds is 4. The van der Waals surface area contributed by atoms with Gasteiger partial charge in [0.1, 0.15) is 6.04 Å². The molecule has 0 aromatic heterocycles. The highest BCUT2D eigenvalue weighted by Crippen LogP contribution is 2.25. The molecule has 1 N–H and O–H groups in total. The smallest absolute Gasteiger partial charge is 0.326 e. The van der Waals surface area contributed by atoms with E-state index in [1.54, 1.807) is 4.90 Å². The first-order chi connectivity index (χ1) is 8.99. The lowest BCUT2D eigenvalue weighted by Gasteiger charge is -2.25. The van der Waals surface area contributed by atoms with E-state index < -0.39 is 12.0 Å². The van der Waals surface area contributed by atoms with Gasteiger partial charge in [-0.25, -0.2) is 4.79 Å². The second-order valence-corrected chi connectivity index (χ2v) is 6.17. The minimum Gasteiger partial charge on any atom is -0.480 e. The van der Waals surface area contributed by atoms with Crippen LogP contribution in [0.4, 0.5) is 0 Å². The van der Waals surface area contributed by atoms with Crippen LogP contribution in [0.15, 0.2) is 0 Å². The number of carbonyl (C=O) groups excluding carboxylic acids is 1. The fraction of sp³-hybridized carbons (Fsp3) is 0.857. The lowest BCUT2D eigenvalue weighted by molar-refractivity contribution is -0.149. The molecule has 0 saturated carbocycles. The summed E-state index contributed by atoms with van der Waals surface area (Å²) in [5.41, 5.74) is 0. The van der Waals surface area contributed by atoms with Crippen LogP contribution in [0, 0.1) is 11.8 Å². The predicted octanol–water partition coefficient (Wildman–Crippen LogP) is 1.04. The van der Waals surface area contributed by atoms with Crippen molar-refractivity contribution in [1.82, 2.24) is 9.80 Å². The van der Waals surface area contributed by atoms with Gasteiger partial charge in [-0.2, -0.15) is 0 Å². The van der Waals surface area contributed by atoms with Crippen molar-refractivity contribution in [3.8, 4) is 0 Å². The molecule has 2 fully saturated rings. The first-order valence-electron chi connectivity index (χ1n) is 7.24. The summed E-state index contributed by atoms with van der Waals surface area (Å²) in [6, 6.07) is -0.591. The van der Waals surface area contributed by atoms with Gasteiger partial charge < -0.3 is 14.9 Å². The standard InChI is InChI=1S/C14H24N2O3/c1-10(2)8-15-7-5-11(9-15)13(17)16-6-3-4-12(16)14(18)19/h10-12H,3-9H2,1-2H3,(H,18,19)/t11?,12-/m1/s1. The van der Waals surface area contributed by atoms with Gasteiger partial charge in [0, 0.05) is 19.6 Å². The van der Waals surface area contributed by atoms with E-state index in [1.807, 2.05) is 0 Å². The van der Waals surface area contributed by atoms with Crippen molar-refractivity contribution in [2.45, 2.75) is 39.2 Å². The number of amides is 1. The van der Waals surface area contributed by atoms with Gasteiger partial charge >= 0.3 is 5.97 Å². The second kappa shape index (κ2) is 5.90. The van der Waals surface area contributed by atoms with Crippen LogP contribution in [0.3, 0.4) is 0 Å². The molecule has 0 bridgehead atoms. The molecular formula is C14H24N2O3. The molecule has 5 nitrogen and oxygen atoms in total. The van der Waals surface area contributed by atoms with Crippen LogP contribution in [0.1, 0.15) is 33.1 Å². The van der Waals surface area contributed by atoms with Gasteiger partial charge in [0.2, 0.25) is 5.91 Å². The summed E-state index contributed by atoms with van der Waals surface area (Å²) in [7, 11) is 0. The van der Waals surface area contributed by atoms with Crippen molar-refractivity contribution in [2.24, 2.45) is 11.8 Å². The van der Waals surface area contributed by atoms with Crippen molar-refractivity contribution in [3.05, 3.63) is 0 Å². The summed E-state index contributed by atoms with van der Waals surface area (Å²) in [5, 5.41) is 9.14. The Morgan fingerprint density at radius 1 is 1.26 bits per heavy atom. The number of carboxylic acid groups (broad SMARTS) is 1. The Bertz CT molecular complexity index is 357. The Kier molecular flexibility index (Phi) is 4.45. The van der Waals surface area contributed by atoms with Crippen LogP contribution in [0.5, 0.6) is 0 Å². The average molecular weight is 268 g/mol. The SMILES string of the molecule is CC(C)CN1CCC(C(=O)N2CCC[C@@H]2C(=O)O)C1. The fourth-order valence-corrected chi connectivity index (χ4v) is 3.24. The highest BCUT2D eigenvalue weighted by Gasteiger charge is 2.39. The molecule has 0 aliphatic carbocycles. The number of nitrogens with zero attached hydrogens (tertiary/aromatic N) is 2. The Morgan fingerprint density at radius 3 is 2.63 bits per heavy atom. The van der Waals surface area contributed by atoms with Crippen molar-refractivity contribution in [2.75, 3.05) is 26.2 Å². The number of hydrogen-bond acceptors (Lipinski definition) is 3. The largest absolute Gasteiger partial charge is 0.480 e. The lowest BCUT2D eigenvalue weighted by atomic mass is 10.1. The molecule has 2 saturated heterocycles. The molecule has 1 unspecified atom stereocenters. The Morgan fingerprint density at radius 2 is 2.00 bits per heavy atom. The number of aliphatic carboxylic acids is 1. The van der Waals surface area contributed by atoms with Gasteiger partial charge in [-0.15, -0.1) is 0 Å². The summed E-state index contributed by atoms with van der Waals surface area (Å²) in [6.45, 7) is 7.73. The van der Waals surface area contributed by atoms with E-state index in [9.17, 15) is 9.59 Å². The molecule has 0 aromatic carbocycles. The van der Waals surface area contributed by atoms with Gasteiger partial charge in [-0.3, -0.25) is 4.79 Å². The molecule has 2 heterocycles. The molecule has 108 valence electrons. The Labute approximate surface area is 114 Å². The van der Waals surface area contributed by atoms with Crippen LogP contribution in [-0.2, 0) is 9.59 Å². The Balaban J connectivity index is 1.92. The van der Waals surface area contributed by atoms with E-state index in [-0.39, 0.29) is 11.8 Å². The quantitative estimate of drug-likeness (QED) is 0.827. The molecular weight excluding hydrogens is 244 g/mol. The zero-order valence-corrected chi connectivity index (χ0v) is 11.8. The van der Waals surface area contributed by atoms with E-state index in [2.05, 4.69) is 18.7 Å². The fourth-order valence-electron chi connectivity index (χ4n) is 3.24. The number of likely N-dealkylation sites (tertiary alicyclic amines) is 2. The molecule has 2 aliphatic rings. The van der Waals surface area contributed by atoms with E-state index in [0.29, 0.717) is 18.9 Å². The molecule has 0 spiro atoms. The third-order valence-corrected chi connectivity index (χ3v) is 4.07. The maximum atomic E-state index is 12.4. The van der Waals surface area contributed by atoms with E-state index in [0.717, 1.165) is 32.5 Å². The summed E-state index contributed by atoms with van der Waals surface area (Å²) in [4.78, 5) is 27.5. The van der Waals surface area contributed by atoms with Crippen LogP contribution in [-0.4, -0.2) is 59.0 Å². The molecule has 19 heavy (non-hydrogen) atoms. The van der Waals surface area contributed by atoms with E-state index >= 15 is 0 Å². The zero-order valence-electron chi connectivity index (χ0n) is 11.8. The van der Waals surface area contributed by atoms with Crippen molar-refractivity contribution >= 4 is 11.9 Å². The first-order valence-corrected chi connectivity index (χ1v) is 7.24. The van der Waals surface area contributed by atoms with Crippen LogP contribution < -0.4 is 0 Å². The molecule has 2 atom stereocenters. The van der Waals surface area contributed by atoms with Gasteiger partial charge in [0.15, 0.2) is 0 Å². The first kappa shape index (κ1) is 14.3. The Hall–Kier alpha value is -1.10. The topological polar surface area (TPSA) is 60.9 Å². The third kappa shape index (κ3) is 3.26. The van der Waals surface area contributed by atoms with Crippen LogP contribution >= 0.6 is 0 Å². The second-order valence-electron chi connectivity index (χ2n) is 6.17. The van der Waals surface area contributed by atoms with Gasteiger partial charge in [0.25, 0.3) is 0 Å². The van der Waals surface area contributed by atoms with Crippen LogP contribution in [0.2, 0.25) is 0 Å². The molecule has 1 amide bonds. The van der Waals surface area contributed by atoms with Gasteiger partial charge in [-0.05, 0) is 31.7 Å². The summed E-state index contributed by atoms with van der Waals surface area (Å²) in [5.74, 6) is -0.204. The minimum absolute atomic E-state index is 0.00120. The molecule has 5 heteroatoms. The molecule has 0 radical (unpaired) electrons. The maximum Gasteiger partial charge on any atom is 0.326 e. The average Bonchev–Trinajstić information content (AvgIpc) is 2.94. The maximum absolute atomic E-state index is 12.4. The highest BCUT2D eigenvalue weighted by molar-refractivity contribution is 5.86. The minimum atomic E-state index is -0.858. The van der Waals surface area contributed by atoms with Crippen molar-refractivity contribution in [3.63, 3.8) is 0 Å². The summed E-state index contributed by atoms with van der Waals surface area (Å²) >= 11 is 0. The van der Waals surface area contributed by atoms with Crippen LogP contribution in [0.25, 0.3) is 0 Å². The molecule has 2 rings (SSSR count). The number of hydrogen-bond donors (Lipinski definition) is 1. The van der Waals surface area contributed by atoms with E-state index in [4.69, 9.17) is 5.11 Å². The van der Waals surface area contributed by atoms with Gasteiger partial charge in [0.05, 0.1) is 5.92 Å². The highest BCUT2D eigenvalue weighted by atomic mass is 16.4. The summed E-state index contributed by atoms with van der Waals surface area (Å²) in [6.07, 6.45) is 2.28. The third-order valence-electron chi connectivity index (χ3n) is 4.07. The van der Waals surface area contributed by atoms with Crippen molar-refractivity contribution < 1.29 is 14.7 Å². The zero-order chi connectivity index (χ0) is 14.0. The predicted molar refractivity (Wildman–Crippen MR) is 71.8 cm³/mol. The molecule has 0 aromatic rings.